The van der Waals surface area contributed by atoms with Crippen molar-refractivity contribution in [1.82, 2.24) is 14.7 Å². The van der Waals surface area contributed by atoms with Crippen molar-refractivity contribution in [1.29, 1.82) is 5.41 Å². The molecular formula is C23H23N5O2S. The molecule has 0 bridgehead atoms. The smallest absolute Gasteiger partial charge is 0.324 e. The third-order valence-electron chi connectivity index (χ3n) is 4.71. The Labute approximate surface area is 183 Å². The highest BCUT2D eigenvalue weighted by Gasteiger charge is 2.17. The van der Waals surface area contributed by atoms with Gasteiger partial charge in [-0.05, 0) is 24.3 Å². The van der Waals surface area contributed by atoms with Crippen molar-refractivity contribution in [2.24, 2.45) is 5.41 Å². The highest BCUT2D eigenvalue weighted by Crippen LogP contribution is 2.30. The van der Waals surface area contributed by atoms with Crippen molar-refractivity contribution in [3.05, 3.63) is 66.6 Å². The summed E-state index contributed by atoms with van der Waals surface area (Å²) < 4.78 is 3.25. The van der Waals surface area contributed by atoms with E-state index in [9.17, 15) is 9.90 Å². The van der Waals surface area contributed by atoms with Crippen LogP contribution in [-0.2, 0) is 0 Å². The Kier molecular flexibility index (Phi) is 5.24. The van der Waals surface area contributed by atoms with Crippen molar-refractivity contribution in [2.75, 3.05) is 5.32 Å². The molecule has 2 aromatic carbocycles. The first kappa shape index (κ1) is 20.6. The van der Waals surface area contributed by atoms with E-state index < -0.39 is 11.4 Å². The van der Waals surface area contributed by atoms with Gasteiger partial charge in [0, 0.05) is 28.9 Å². The summed E-state index contributed by atoms with van der Waals surface area (Å²) in [6, 6.07) is 15.0. The van der Waals surface area contributed by atoms with Crippen LogP contribution in [0.2, 0.25) is 0 Å². The number of anilines is 1. The number of thiazole rings is 1. The van der Waals surface area contributed by atoms with Gasteiger partial charge in [-0.25, -0.2) is 9.78 Å². The van der Waals surface area contributed by atoms with Crippen molar-refractivity contribution in [3.63, 3.8) is 0 Å². The lowest BCUT2D eigenvalue weighted by molar-refractivity contribution is 0.256. The predicted octanol–water partition coefficient (Wildman–Crippen LogP) is 5.80. The number of fused-ring (bicyclic) bond motifs is 3. The lowest BCUT2D eigenvalue weighted by atomic mass is 9.93. The molecule has 158 valence electrons. The molecule has 0 spiro atoms. The average Bonchev–Trinajstić information content (AvgIpc) is 3.25. The number of amidine groups is 1. The third-order valence-corrected chi connectivity index (χ3v) is 5.75. The molecule has 4 aromatic rings. The molecule has 7 nitrogen and oxygen atoms in total. The van der Waals surface area contributed by atoms with Gasteiger partial charge in [-0.3, -0.25) is 15.1 Å². The summed E-state index contributed by atoms with van der Waals surface area (Å²) in [5.41, 5.74) is 2.88. The second-order valence-corrected chi connectivity index (χ2v) is 9.21. The summed E-state index contributed by atoms with van der Waals surface area (Å²) in [4.78, 5) is 17.9. The van der Waals surface area contributed by atoms with Gasteiger partial charge >= 0.3 is 6.03 Å². The zero-order valence-electron chi connectivity index (χ0n) is 17.4. The van der Waals surface area contributed by atoms with Gasteiger partial charge in [0.15, 0.2) is 4.96 Å². The number of para-hydroxylation sites is 1. The largest absolute Gasteiger partial charge is 0.512 e. The van der Waals surface area contributed by atoms with Crippen LogP contribution in [0.3, 0.4) is 0 Å². The predicted molar refractivity (Wildman–Crippen MR) is 126 cm³/mol. The summed E-state index contributed by atoms with van der Waals surface area (Å²) in [6.07, 6.45) is 3.22. The number of rotatable bonds is 3. The molecular weight excluding hydrogens is 410 g/mol. The molecule has 8 heteroatoms. The molecule has 31 heavy (non-hydrogen) atoms. The fraction of sp³-hybridized carbons (Fsp3) is 0.174. The number of amides is 2. The summed E-state index contributed by atoms with van der Waals surface area (Å²) >= 11 is 1.63. The van der Waals surface area contributed by atoms with E-state index in [1.54, 1.807) is 17.4 Å². The van der Waals surface area contributed by atoms with Crippen LogP contribution in [-0.4, -0.2) is 26.4 Å². The minimum Gasteiger partial charge on any atom is -0.512 e. The first-order chi connectivity index (χ1) is 14.7. The van der Waals surface area contributed by atoms with Gasteiger partial charge in [0.25, 0.3) is 0 Å². The molecule has 0 atom stereocenters. The van der Waals surface area contributed by atoms with Crippen LogP contribution < -0.4 is 10.6 Å². The highest BCUT2D eigenvalue weighted by atomic mass is 32.1. The van der Waals surface area contributed by atoms with Crippen LogP contribution in [0.4, 0.5) is 10.5 Å². The maximum absolute atomic E-state index is 12.3. The number of aliphatic hydroxyl groups excluding tert-OH is 1. The van der Waals surface area contributed by atoms with Crippen molar-refractivity contribution in [2.45, 2.75) is 20.8 Å². The van der Waals surface area contributed by atoms with Crippen LogP contribution in [0.25, 0.3) is 26.4 Å². The quantitative estimate of drug-likeness (QED) is 0.186. The fourth-order valence-electron chi connectivity index (χ4n) is 3.02. The van der Waals surface area contributed by atoms with E-state index in [-0.39, 0.29) is 11.6 Å². The number of imidazole rings is 1. The van der Waals surface area contributed by atoms with Crippen LogP contribution in [0.5, 0.6) is 0 Å². The topological polar surface area (TPSA) is 103 Å². The Bertz CT molecular complexity index is 1330. The minimum atomic E-state index is -0.558. The zero-order valence-corrected chi connectivity index (χ0v) is 18.2. The number of carbonyl (C=O) groups is 1. The number of allylic oxidation sites excluding steroid dienone is 1. The number of urea groups is 1. The van der Waals surface area contributed by atoms with Gasteiger partial charge in [0.1, 0.15) is 11.6 Å². The van der Waals surface area contributed by atoms with E-state index in [0.29, 0.717) is 5.69 Å². The first-order valence-electron chi connectivity index (χ1n) is 9.75. The summed E-state index contributed by atoms with van der Waals surface area (Å²) in [7, 11) is 0. The number of nitrogens with one attached hydrogen (secondary N) is 3. The van der Waals surface area contributed by atoms with Gasteiger partial charge in [-0.1, -0.05) is 56.4 Å². The Hall–Kier alpha value is -3.65. The molecule has 0 saturated heterocycles. The lowest BCUT2D eigenvalue weighted by Gasteiger charge is -2.17. The number of hydrogen-bond acceptors (Lipinski definition) is 5. The van der Waals surface area contributed by atoms with Crippen LogP contribution in [0, 0.1) is 10.8 Å². The number of benzene rings is 2. The van der Waals surface area contributed by atoms with Gasteiger partial charge in [0.2, 0.25) is 0 Å². The van der Waals surface area contributed by atoms with Crippen molar-refractivity contribution < 1.29 is 9.90 Å². The number of aromatic nitrogens is 2. The van der Waals surface area contributed by atoms with Gasteiger partial charge in [-0.2, -0.15) is 0 Å². The summed E-state index contributed by atoms with van der Waals surface area (Å²) in [5.74, 6) is -0.172. The molecule has 0 unspecified atom stereocenters. The standard InChI is InChI=1S/C23H23N5O2S/c1-23(2,3)19(29)12-20(24)27-21(30)25-15-8-6-7-14(11-15)16-13-28-17-9-4-5-10-18(17)31-22(28)26-16/h4-13,29H,1-3H3,(H3,24,25,27,30)/b19-12-. The van der Waals surface area contributed by atoms with E-state index >= 15 is 0 Å². The van der Waals surface area contributed by atoms with Crippen LogP contribution >= 0.6 is 11.3 Å². The number of hydrogen-bond donors (Lipinski definition) is 4. The molecule has 0 aliphatic rings. The van der Waals surface area contributed by atoms with Gasteiger partial charge < -0.3 is 10.4 Å². The molecule has 4 rings (SSSR count). The number of nitrogens with zero attached hydrogens (tertiary/aromatic N) is 2. The molecule has 2 aromatic heterocycles. The third kappa shape index (κ3) is 4.44. The minimum absolute atomic E-state index is 0.0204. The average molecular weight is 434 g/mol. The van der Waals surface area contributed by atoms with E-state index in [1.807, 2.05) is 57.3 Å². The SMILES string of the molecule is CC(C)(C)/C(O)=C/C(=N)NC(=O)Nc1cccc(-c2cn3c(n2)sc2ccccc23)c1. The molecule has 0 fully saturated rings. The van der Waals surface area contributed by atoms with Gasteiger partial charge in [0.05, 0.1) is 15.9 Å². The highest BCUT2D eigenvalue weighted by molar-refractivity contribution is 7.23. The molecule has 0 aliphatic carbocycles. The summed E-state index contributed by atoms with van der Waals surface area (Å²) in [5, 5.41) is 23.0. The van der Waals surface area contributed by atoms with Gasteiger partial charge in [-0.15, -0.1) is 0 Å². The van der Waals surface area contributed by atoms with E-state index in [4.69, 9.17) is 10.4 Å². The molecule has 2 heterocycles. The Morgan fingerprint density at radius 1 is 1.19 bits per heavy atom. The zero-order chi connectivity index (χ0) is 22.2. The second kappa shape index (κ2) is 7.88. The lowest BCUT2D eigenvalue weighted by Crippen LogP contribution is -2.33. The molecule has 4 N–H and O–H groups in total. The maximum Gasteiger partial charge on any atom is 0.324 e. The molecule has 0 aliphatic heterocycles. The van der Waals surface area contributed by atoms with Crippen LogP contribution in [0.15, 0.2) is 66.6 Å². The summed E-state index contributed by atoms with van der Waals surface area (Å²) in [6.45, 7) is 5.46. The normalized spacial score (nSPS) is 12.3. The Morgan fingerprint density at radius 3 is 2.74 bits per heavy atom. The van der Waals surface area contributed by atoms with E-state index in [1.165, 1.54) is 10.8 Å². The second-order valence-electron chi connectivity index (χ2n) is 8.20. The number of aliphatic hydroxyl groups is 1. The maximum atomic E-state index is 12.3. The molecule has 2 amide bonds. The molecule has 0 saturated carbocycles. The first-order valence-corrected chi connectivity index (χ1v) is 10.6. The fourth-order valence-corrected chi connectivity index (χ4v) is 4.03. The van der Waals surface area contributed by atoms with E-state index in [0.717, 1.165) is 21.7 Å². The monoisotopic (exact) mass is 433 g/mol. The van der Waals surface area contributed by atoms with Crippen LogP contribution in [0.1, 0.15) is 20.8 Å². The van der Waals surface area contributed by atoms with E-state index in [2.05, 4.69) is 27.2 Å². The van der Waals surface area contributed by atoms with Crippen molar-refractivity contribution >= 4 is 44.1 Å². The Balaban J connectivity index is 1.50. The van der Waals surface area contributed by atoms with Crippen molar-refractivity contribution in [3.8, 4) is 11.3 Å². The molecule has 0 radical (unpaired) electrons. The Morgan fingerprint density at radius 2 is 1.97 bits per heavy atom. The number of carbonyl (C=O) groups excluding carboxylic acids is 1.